The third-order valence-corrected chi connectivity index (χ3v) is 4.73. The van der Waals surface area contributed by atoms with Gasteiger partial charge in [0.1, 0.15) is 5.71 Å². The van der Waals surface area contributed by atoms with Crippen LogP contribution in [0.25, 0.3) is 0 Å². The zero-order valence-corrected chi connectivity index (χ0v) is 14.4. The van der Waals surface area contributed by atoms with Gasteiger partial charge in [-0.25, -0.2) is 5.01 Å². The van der Waals surface area contributed by atoms with Gasteiger partial charge in [-0.1, -0.05) is 25.1 Å². The van der Waals surface area contributed by atoms with E-state index in [1.165, 1.54) is 5.01 Å². The van der Waals surface area contributed by atoms with Crippen molar-refractivity contribution in [1.29, 1.82) is 0 Å². The van der Waals surface area contributed by atoms with E-state index in [1.54, 1.807) is 0 Å². The van der Waals surface area contributed by atoms with Gasteiger partial charge in [0, 0.05) is 39.0 Å². The minimum atomic E-state index is -0.0587. The van der Waals surface area contributed by atoms with Crippen molar-refractivity contribution in [3.05, 3.63) is 29.8 Å². The number of anilines is 1. The first kappa shape index (κ1) is 16.6. The molecular weight excluding hydrogens is 304 g/mol. The molecule has 6 heteroatoms. The summed E-state index contributed by atoms with van der Waals surface area (Å²) in [6.45, 7) is 8.34. The van der Waals surface area contributed by atoms with Crippen LogP contribution in [0.5, 0.6) is 0 Å². The SMILES string of the molecule is CCN1CCN(C(=O)C2=NN(c3ccccc3C)C(=O)CC2)CC1. The fraction of sp³-hybridized carbons (Fsp3) is 0.500. The predicted octanol–water partition coefficient (Wildman–Crippen LogP) is 1.64. The lowest BCUT2D eigenvalue weighted by atomic mass is 10.1. The number of nitrogens with zero attached hydrogens (tertiary/aromatic N) is 4. The van der Waals surface area contributed by atoms with Crippen LogP contribution in [-0.2, 0) is 9.59 Å². The van der Waals surface area contributed by atoms with E-state index >= 15 is 0 Å². The van der Waals surface area contributed by atoms with Crippen LogP contribution < -0.4 is 5.01 Å². The summed E-state index contributed by atoms with van der Waals surface area (Å²) in [4.78, 5) is 29.2. The topological polar surface area (TPSA) is 56.2 Å². The molecule has 2 heterocycles. The number of carbonyl (C=O) groups is 2. The van der Waals surface area contributed by atoms with E-state index in [-0.39, 0.29) is 11.8 Å². The van der Waals surface area contributed by atoms with E-state index < -0.39 is 0 Å². The van der Waals surface area contributed by atoms with Crippen molar-refractivity contribution >= 4 is 23.2 Å². The summed E-state index contributed by atoms with van der Waals surface area (Å²) in [6.07, 6.45) is 0.752. The highest BCUT2D eigenvalue weighted by atomic mass is 16.2. The van der Waals surface area contributed by atoms with Gasteiger partial charge in [0.2, 0.25) is 5.91 Å². The smallest absolute Gasteiger partial charge is 0.270 e. The molecule has 0 unspecified atom stereocenters. The summed E-state index contributed by atoms with van der Waals surface area (Å²) >= 11 is 0. The first-order valence-corrected chi connectivity index (χ1v) is 8.58. The molecule has 0 spiro atoms. The Labute approximate surface area is 142 Å². The lowest BCUT2D eigenvalue weighted by Crippen LogP contribution is -2.51. The number of benzene rings is 1. The zero-order chi connectivity index (χ0) is 17.1. The molecule has 0 N–H and O–H groups in total. The number of piperazine rings is 1. The van der Waals surface area contributed by atoms with E-state index in [4.69, 9.17) is 0 Å². The standard InChI is InChI=1S/C18H24N4O2/c1-3-20-10-12-21(13-11-20)18(24)15-8-9-17(23)22(19-15)16-7-5-4-6-14(16)2/h4-7H,3,8-13H2,1-2H3. The second-order valence-corrected chi connectivity index (χ2v) is 6.27. The van der Waals surface area contributed by atoms with Crippen molar-refractivity contribution in [2.75, 3.05) is 37.7 Å². The number of hydrogen-bond donors (Lipinski definition) is 0. The molecule has 0 atom stereocenters. The number of hydrazone groups is 1. The van der Waals surface area contributed by atoms with Gasteiger partial charge in [0.15, 0.2) is 0 Å². The summed E-state index contributed by atoms with van der Waals surface area (Å²) in [5, 5.41) is 5.80. The maximum Gasteiger partial charge on any atom is 0.270 e. The number of amides is 2. The Morgan fingerprint density at radius 2 is 1.83 bits per heavy atom. The first-order chi connectivity index (χ1) is 11.6. The van der Waals surface area contributed by atoms with E-state index in [2.05, 4.69) is 16.9 Å². The second-order valence-electron chi connectivity index (χ2n) is 6.27. The molecule has 1 aromatic carbocycles. The summed E-state index contributed by atoms with van der Waals surface area (Å²) in [5.74, 6) is -0.0894. The molecular formula is C18H24N4O2. The van der Waals surface area contributed by atoms with Crippen molar-refractivity contribution in [2.45, 2.75) is 26.7 Å². The number of rotatable bonds is 3. The lowest BCUT2D eigenvalue weighted by molar-refractivity contribution is -0.126. The Morgan fingerprint density at radius 3 is 2.50 bits per heavy atom. The zero-order valence-electron chi connectivity index (χ0n) is 14.4. The molecule has 0 aliphatic carbocycles. The van der Waals surface area contributed by atoms with Crippen LogP contribution in [0.4, 0.5) is 5.69 Å². The van der Waals surface area contributed by atoms with Gasteiger partial charge in [-0.3, -0.25) is 9.59 Å². The van der Waals surface area contributed by atoms with Crippen LogP contribution in [0, 0.1) is 6.92 Å². The Balaban J connectivity index is 1.78. The van der Waals surface area contributed by atoms with Crippen molar-refractivity contribution in [3.8, 4) is 0 Å². The molecule has 3 rings (SSSR count). The highest BCUT2D eigenvalue weighted by molar-refractivity contribution is 6.40. The lowest BCUT2D eigenvalue weighted by Gasteiger charge is -2.35. The molecule has 1 saturated heterocycles. The van der Waals surface area contributed by atoms with Gasteiger partial charge in [0.25, 0.3) is 5.91 Å². The third-order valence-electron chi connectivity index (χ3n) is 4.73. The van der Waals surface area contributed by atoms with Crippen LogP contribution in [0.2, 0.25) is 0 Å². The van der Waals surface area contributed by atoms with Crippen molar-refractivity contribution in [1.82, 2.24) is 9.80 Å². The summed E-state index contributed by atoms with van der Waals surface area (Å²) in [6, 6.07) is 7.61. The molecule has 1 fully saturated rings. The third kappa shape index (κ3) is 3.33. The monoisotopic (exact) mass is 328 g/mol. The van der Waals surface area contributed by atoms with Gasteiger partial charge in [0.05, 0.1) is 5.69 Å². The molecule has 0 saturated carbocycles. The van der Waals surface area contributed by atoms with Crippen molar-refractivity contribution < 1.29 is 9.59 Å². The fourth-order valence-electron chi connectivity index (χ4n) is 3.15. The fourth-order valence-corrected chi connectivity index (χ4v) is 3.15. The molecule has 1 aromatic rings. The van der Waals surface area contributed by atoms with E-state index in [1.807, 2.05) is 36.1 Å². The second kappa shape index (κ2) is 7.13. The summed E-state index contributed by atoms with van der Waals surface area (Å²) < 4.78 is 0. The maximum atomic E-state index is 12.8. The van der Waals surface area contributed by atoms with Gasteiger partial charge in [-0.05, 0) is 25.1 Å². The molecule has 24 heavy (non-hydrogen) atoms. The van der Waals surface area contributed by atoms with E-state index in [0.29, 0.717) is 18.6 Å². The molecule has 6 nitrogen and oxygen atoms in total. The number of likely N-dealkylation sites (N-methyl/N-ethyl adjacent to an activating group) is 1. The van der Waals surface area contributed by atoms with Gasteiger partial charge < -0.3 is 9.80 Å². The Morgan fingerprint density at radius 1 is 1.12 bits per heavy atom. The van der Waals surface area contributed by atoms with Crippen molar-refractivity contribution in [3.63, 3.8) is 0 Å². The summed E-state index contributed by atoms with van der Waals surface area (Å²) in [7, 11) is 0. The van der Waals surface area contributed by atoms with Crippen LogP contribution in [0.3, 0.4) is 0 Å². The largest absolute Gasteiger partial charge is 0.335 e. The summed E-state index contributed by atoms with van der Waals surface area (Å²) in [5.41, 5.74) is 2.21. The number of aryl methyl sites for hydroxylation is 1. The van der Waals surface area contributed by atoms with Gasteiger partial charge in [-0.2, -0.15) is 5.10 Å². The first-order valence-electron chi connectivity index (χ1n) is 8.58. The van der Waals surface area contributed by atoms with Gasteiger partial charge in [-0.15, -0.1) is 0 Å². The number of hydrogen-bond acceptors (Lipinski definition) is 4. The minimum Gasteiger partial charge on any atom is -0.335 e. The van der Waals surface area contributed by atoms with E-state index in [9.17, 15) is 9.59 Å². The Kier molecular flexibility index (Phi) is 4.94. The van der Waals surface area contributed by atoms with Gasteiger partial charge >= 0.3 is 0 Å². The average molecular weight is 328 g/mol. The highest BCUT2D eigenvalue weighted by Crippen LogP contribution is 2.24. The molecule has 0 aromatic heterocycles. The molecule has 128 valence electrons. The Bertz CT molecular complexity index is 663. The number of para-hydroxylation sites is 1. The molecule has 0 radical (unpaired) electrons. The van der Waals surface area contributed by atoms with Crippen LogP contribution in [0.15, 0.2) is 29.4 Å². The quantitative estimate of drug-likeness (QED) is 0.848. The average Bonchev–Trinajstić information content (AvgIpc) is 2.62. The predicted molar refractivity (Wildman–Crippen MR) is 94.0 cm³/mol. The maximum absolute atomic E-state index is 12.8. The van der Waals surface area contributed by atoms with Crippen molar-refractivity contribution in [2.24, 2.45) is 5.10 Å². The molecule has 0 bridgehead atoms. The molecule has 2 amide bonds. The Hall–Kier alpha value is -2.21. The van der Waals surface area contributed by atoms with Crippen LogP contribution in [0.1, 0.15) is 25.3 Å². The van der Waals surface area contributed by atoms with Crippen LogP contribution in [-0.4, -0.2) is 60.0 Å². The van der Waals surface area contributed by atoms with Crippen LogP contribution >= 0.6 is 0 Å². The highest BCUT2D eigenvalue weighted by Gasteiger charge is 2.30. The molecule has 2 aliphatic heterocycles. The number of carbonyl (C=O) groups excluding carboxylic acids is 2. The normalized spacial score (nSPS) is 19.4. The van der Waals surface area contributed by atoms with E-state index in [0.717, 1.165) is 44.0 Å². The minimum absolute atomic E-state index is 0.0307. The molecule has 2 aliphatic rings.